The van der Waals surface area contributed by atoms with Gasteiger partial charge in [-0.05, 0) is 19.9 Å². The van der Waals surface area contributed by atoms with Crippen LogP contribution in [0, 0.1) is 0 Å². The Kier molecular flexibility index (Phi) is 5.66. The maximum absolute atomic E-state index is 10.7. The van der Waals surface area contributed by atoms with Crippen molar-refractivity contribution in [3.63, 3.8) is 0 Å². The van der Waals surface area contributed by atoms with Crippen LogP contribution in [0.2, 0.25) is 0 Å². The van der Waals surface area contributed by atoms with Crippen LogP contribution in [0.25, 0.3) is 0 Å². The maximum Gasteiger partial charge on any atom is 0.320 e. The van der Waals surface area contributed by atoms with Crippen molar-refractivity contribution >= 4 is 5.97 Å². The summed E-state index contributed by atoms with van der Waals surface area (Å²) >= 11 is 0. The van der Waals surface area contributed by atoms with Gasteiger partial charge in [0.25, 0.3) is 0 Å². The molecule has 0 aromatic rings. The molecule has 0 aliphatic heterocycles. The number of hydrogen-bond donors (Lipinski definition) is 2. The van der Waals surface area contributed by atoms with Crippen LogP contribution in [0.15, 0.2) is 0 Å². The highest BCUT2D eigenvalue weighted by Gasteiger charge is 2.21. The van der Waals surface area contributed by atoms with Crippen molar-refractivity contribution in [2.75, 3.05) is 13.6 Å². The molecule has 13 heavy (non-hydrogen) atoms. The van der Waals surface area contributed by atoms with Crippen LogP contribution in [0.5, 0.6) is 0 Å². The van der Waals surface area contributed by atoms with Gasteiger partial charge in [0, 0.05) is 6.54 Å². The second-order valence-electron chi connectivity index (χ2n) is 3.26. The largest absolute Gasteiger partial charge is 0.480 e. The molecule has 0 aliphatic carbocycles. The molecule has 0 saturated carbocycles. The molecule has 0 aromatic heterocycles. The van der Waals surface area contributed by atoms with E-state index in [2.05, 4.69) is 0 Å². The fraction of sp³-hybridized carbons (Fsp3) is 0.889. The van der Waals surface area contributed by atoms with E-state index < -0.39 is 18.1 Å². The molecular formula is C9H19NO3. The predicted octanol–water partition coefficient (Wildman–Crippen LogP) is 0.552. The number of carboxylic acids is 1. The number of carboxylic acid groups (broad SMARTS) is 1. The molecule has 0 bridgehead atoms. The lowest BCUT2D eigenvalue weighted by molar-refractivity contribution is -0.143. The van der Waals surface area contributed by atoms with Gasteiger partial charge in [0.1, 0.15) is 6.04 Å². The number of likely N-dealkylation sites (N-methyl/N-ethyl adjacent to an activating group) is 1. The lowest BCUT2D eigenvalue weighted by Crippen LogP contribution is -2.41. The van der Waals surface area contributed by atoms with Crippen molar-refractivity contribution < 1.29 is 15.0 Å². The van der Waals surface area contributed by atoms with Gasteiger partial charge in [-0.2, -0.15) is 0 Å². The summed E-state index contributed by atoms with van der Waals surface area (Å²) in [6.07, 6.45) is 0.779. The van der Waals surface area contributed by atoms with Crippen molar-refractivity contribution in [3.05, 3.63) is 0 Å². The van der Waals surface area contributed by atoms with E-state index in [0.717, 1.165) is 0 Å². The lowest BCUT2D eigenvalue weighted by atomic mass is 10.1. The molecule has 0 aromatic carbocycles. The van der Waals surface area contributed by atoms with E-state index in [1.165, 1.54) is 0 Å². The summed E-state index contributed by atoms with van der Waals surface area (Å²) in [5, 5.41) is 18.1. The van der Waals surface area contributed by atoms with E-state index in [4.69, 9.17) is 5.11 Å². The number of hydrogen-bond acceptors (Lipinski definition) is 3. The number of rotatable bonds is 6. The van der Waals surface area contributed by atoms with Gasteiger partial charge in [-0.25, -0.2) is 0 Å². The van der Waals surface area contributed by atoms with Gasteiger partial charge in [0.05, 0.1) is 6.10 Å². The average Bonchev–Trinajstić information content (AvgIpc) is 2.04. The molecule has 0 radical (unpaired) electrons. The number of carbonyl (C=O) groups is 1. The minimum absolute atomic E-state index is 0.418. The molecule has 2 N–H and O–H groups in total. The number of nitrogens with zero attached hydrogens (tertiary/aromatic N) is 1. The molecule has 0 rings (SSSR count). The summed E-state index contributed by atoms with van der Waals surface area (Å²) in [6.45, 7) is 4.12. The molecule has 2 unspecified atom stereocenters. The summed E-state index contributed by atoms with van der Waals surface area (Å²) in [7, 11) is 1.72. The lowest BCUT2D eigenvalue weighted by Gasteiger charge is -2.25. The highest BCUT2D eigenvalue weighted by atomic mass is 16.4. The molecule has 2 atom stereocenters. The van der Waals surface area contributed by atoms with Gasteiger partial charge < -0.3 is 10.2 Å². The van der Waals surface area contributed by atoms with E-state index >= 15 is 0 Å². The third kappa shape index (κ3) is 4.24. The number of aliphatic carboxylic acids is 1. The van der Waals surface area contributed by atoms with Crippen molar-refractivity contribution in [1.82, 2.24) is 4.90 Å². The normalized spacial score (nSPS) is 15.8. The third-order valence-electron chi connectivity index (χ3n) is 2.17. The zero-order valence-electron chi connectivity index (χ0n) is 8.53. The molecule has 0 amide bonds. The van der Waals surface area contributed by atoms with E-state index in [-0.39, 0.29) is 0 Å². The molecule has 0 aliphatic rings. The summed E-state index contributed by atoms with van der Waals surface area (Å²) < 4.78 is 0. The zero-order valence-corrected chi connectivity index (χ0v) is 8.53. The van der Waals surface area contributed by atoms with Crippen LogP contribution in [0.1, 0.15) is 26.7 Å². The van der Waals surface area contributed by atoms with Crippen molar-refractivity contribution in [1.29, 1.82) is 0 Å². The first-order chi connectivity index (χ1) is 6.02. The van der Waals surface area contributed by atoms with Gasteiger partial charge in [-0.3, -0.25) is 9.69 Å². The Balaban J connectivity index is 4.05. The topological polar surface area (TPSA) is 60.8 Å². The molecule has 4 heteroatoms. The Morgan fingerprint density at radius 3 is 2.23 bits per heavy atom. The number of aliphatic hydroxyl groups excluding tert-OH is 1. The van der Waals surface area contributed by atoms with Crippen LogP contribution in [-0.2, 0) is 4.79 Å². The van der Waals surface area contributed by atoms with Crippen LogP contribution in [0.3, 0.4) is 0 Å². The molecule has 4 nitrogen and oxygen atoms in total. The Morgan fingerprint density at radius 2 is 1.92 bits per heavy atom. The van der Waals surface area contributed by atoms with E-state index in [1.54, 1.807) is 11.9 Å². The van der Waals surface area contributed by atoms with Gasteiger partial charge in [-0.15, -0.1) is 0 Å². The summed E-state index contributed by atoms with van der Waals surface area (Å²) in [4.78, 5) is 12.4. The summed E-state index contributed by atoms with van der Waals surface area (Å²) in [5.41, 5.74) is 0. The standard InChI is InChI=1S/C9H19NO3/c1-4-7(11)6-10(3)8(5-2)9(12)13/h7-8,11H,4-6H2,1-3H3,(H,12,13). The summed E-state index contributed by atoms with van der Waals surface area (Å²) in [6, 6.07) is -0.485. The zero-order chi connectivity index (χ0) is 10.4. The van der Waals surface area contributed by atoms with Crippen molar-refractivity contribution in [2.24, 2.45) is 0 Å². The second kappa shape index (κ2) is 5.94. The van der Waals surface area contributed by atoms with Gasteiger partial charge >= 0.3 is 5.97 Å². The Hall–Kier alpha value is -0.610. The minimum atomic E-state index is -0.826. The Labute approximate surface area is 79.2 Å². The highest BCUT2D eigenvalue weighted by molar-refractivity contribution is 5.73. The molecule has 0 heterocycles. The Morgan fingerprint density at radius 1 is 1.38 bits per heavy atom. The van der Waals surface area contributed by atoms with Gasteiger partial charge in [0.2, 0.25) is 0 Å². The Bertz CT molecular complexity index is 161. The van der Waals surface area contributed by atoms with E-state index in [0.29, 0.717) is 19.4 Å². The van der Waals surface area contributed by atoms with Crippen molar-refractivity contribution in [2.45, 2.75) is 38.8 Å². The first kappa shape index (κ1) is 12.4. The molecule has 0 saturated heterocycles. The van der Waals surface area contributed by atoms with Gasteiger partial charge in [-0.1, -0.05) is 13.8 Å². The van der Waals surface area contributed by atoms with Crippen LogP contribution in [0.4, 0.5) is 0 Å². The van der Waals surface area contributed by atoms with Crippen LogP contribution < -0.4 is 0 Å². The van der Waals surface area contributed by atoms with Crippen LogP contribution in [-0.4, -0.2) is 46.8 Å². The van der Waals surface area contributed by atoms with E-state index in [9.17, 15) is 9.90 Å². The molecule has 0 fully saturated rings. The number of aliphatic hydroxyl groups is 1. The van der Waals surface area contributed by atoms with Crippen molar-refractivity contribution in [3.8, 4) is 0 Å². The fourth-order valence-electron chi connectivity index (χ4n) is 1.26. The first-order valence-corrected chi connectivity index (χ1v) is 4.64. The maximum atomic E-state index is 10.7. The molecule has 0 spiro atoms. The van der Waals surface area contributed by atoms with E-state index in [1.807, 2.05) is 13.8 Å². The fourth-order valence-corrected chi connectivity index (χ4v) is 1.26. The second-order valence-corrected chi connectivity index (χ2v) is 3.26. The first-order valence-electron chi connectivity index (χ1n) is 4.64. The summed E-state index contributed by atoms with van der Waals surface area (Å²) in [5.74, 6) is -0.826. The SMILES string of the molecule is CCC(O)CN(C)C(CC)C(=O)O. The minimum Gasteiger partial charge on any atom is -0.480 e. The molecule has 78 valence electrons. The average molecular weight is 189 g/mol. The quantitative estimate of drug-likeness (QED) is 0.640. The van der Waals surface area contributed by atoms with Crippen LogP contribution >= 0.6 is 0 Å². The highest BCUT2D eigenvalue weighted by Crippen LogP contribution is 2.04. The monoisotopic (exact) mass is 189 g/mol. The van der Waals surface area contributed by atoms with Gasteiger partial charge in [0.15, 0.2) is 0 Å². The third-order valence-corrected chi connectivity index (χ3v) is 2.17. The molecular weight excluding hydrogens is 170 g/mol. The smallest absolute Gasteiger partial charge is 0.320 e. The predicted molar refractivity (Wildman–Crippen MR) is 50.6 cm³/mol.